The van der Waals surface area contributed by atoms with Crippen LogP contribution in [0.2, 0.25) is 0 Å². The van der Waals surface area contributed by atoms with Crippen LogP contribution in [0.1, 0.15) is 38.3 Å². The molecule has 0 saturated carbocycles. The van der Waals surface area contributed by atoms with Gasteiger partial charge in [0.25, 0.3) is 0 Å². The van der Waals surface area contributed by atoms with Gasteiger partial charge in [-0.25, -0.2) is 9.90 Å². The predicted molar refractivity (Wildman–Crippen MR) is 124 cm³/mol. The molecule has 0 amide bonds. The number of benzene rings is 2. The van der Waals surface area contributed by atoms with Gasteiger partial charge in [0.05, 0.1) is 32.6 Å². The number of carbonyl (C=O) groups excluding carboxylic acids is 2. The summed E-state index contributed by atoms with van der Waals surface area (Å²) in [5.41, 5.74) is -0.313. The van der Waals surface area contributed by atoms with E-state index in [2.05, 4.69) is 0 Å². The van der Waals surface area contributed by atoms with Crippen LogP contribution in [-0.4, -0.2) is 45.2 Å². The molecule has 0 aliphatic carbocycles. The highest BCUT2D eigenvalue weighted by molar-refractivity contribution is 6.02. The van der Waals surface area contributed by atoms with Crippen LogP contribution < -0.4 is 9.80 Å². The number of rotatable bonds is 7. The molecule has 8 heteroatoms. The molecule has 2 aromatic rings. The van der Waals surface area contributed by atoms with Crippen molar-refractivity contribution in [2.45, 2.75) is 39.0 Å². The lowest BCUT2D eigenvalue weighted by Gasteiger charge is -2.41. The Morgan fingerprint density at radius 2 is 1.65 bits per heavy atom. The van der Waals surface area contributed by atoms with E-state index in [1.54, 1.807) is 38.2 Å². The number of esters is 2. The molecule has 3 atom stereocenters. The number of carbonyl (C=O) groups is 2. The van der Waals surface area contributed by atoms with Gasteiger partial charge in [-0.3, -0.25) is 9.59 Å². The van der Waals surface area contributed by atoms with E-state index in [1.807, 2.05) is 42.5 Å². The van der Waals surface area contributed by atoms with Crippen LogP contribution in [0.15, 0.2) is 54.6 Å². The first-order chi connectivity index (χ1) is 16.5. The average molecular weight is 470 g/mol. The molecule has 2 aliphatic rings. The molecule has 0 unspecified atom stereocenters. The zero-order chi connectivity index (χ0) is 24.1. The van der Waals surface area contributed by atoms with Crippen molar-refractivity contribution < 1.29 is 33.4 Å². The summed E-state index contributed by atoms with van der Waals surface area (Å²) in [6.45, 7) is 4.19. The molecule has 0 radical (unpaired) electrons. The molecule has 2 aliphatic heterocycles. The molecular weight excluding hydrogens is 438 g/mol. The zero-order valence-electron chi connectivity index (χ0n) is 19.8. The van der Waals surface area contributed by atoms with Crippen LogP contribution in [0.25, 0.3) is 0 Å². The Balaban J connectivity index is 1.97. The van der Waals surface area contributed by atoms with Crippen molar-refractivity contribution in [3.63, 3.8) is 0 Å². The number of hydrogen-bond donors (Lipinski definition) is 0. The van der Waals surface area contributed by atoms with Crippen LogP contribution >= 0.6 is 0 Å². The van der Waals surface area contributed by atoms with Crippen molar-refractivity contribution in [1.29, 1.82) is 0 Å². The summed E-state index contributed by atoms with van der Waals surface area (Å²) >= 11 is 0. The van der Waals surface area contributed by atoms with Gasteiger partial charge in [0, 0.05) is 5.92 Å². The van der Waals surface area contributed by atoms with E-state index in [0.717, 1.165) is 0 Å². The predicted octanol–water partition coefficient (Wildman–Crippen LogP) is 4.05. The van der Waals surface area contributed by atoms with Crippen LogP contribution in [0.5, 0.6) is 5.75 Å². The number of hydrogen-bond acceptors (Lipinski definition) is 8. The second-order valence-corrected chi connectivity index (χ2v) is 8.35. The van der Waals surface area contributed by atoms with Gasteiger partial charge in [0.15, 0.2) is 11.7 Å². The van der Waals surface area contributed by atoms with Crippen LogP contribution in [0.3, 0.4) is 0 Å². The number of hydroxylamine groups is 1. The minimum Gasteiger partial charge on any atom is -0.497 e. The highest BCUT2D eigenvalue weighted by Crippen LogP contribution is 2.52. The van der Waals surface area contributed by atoms with Gasteiger partial charge in [-0.2, -0.15) is 0 Å². The first-order valence-electron chi connectivity index (χ1n) is 11.7. The molecule has 8 nitrogen and oxygen atoms in total. The normalized spacial score (nSPS) is 23.5. The van der Waals surface area contributed by atoms with Crippen molar-refractivity contribution in [1.82, 2.24) is 0 Å². The summed E-state index contributed by atoms with van der Waals surface area (Å²) in [6, 6.07) is 15.8. The van der Waals surface area contributed by atoms with Crippen molar-refractivity contribution in [2.75, 3.05) is 32.0 Å². The maximum absolute atomic E-state index is 13.8. The third-order valence-corrected chi connectivity index (χ3v) is 6.38. The van der Waals surface area contributed by atoms with Gasteiger partial charge in [-0.15, -0.1) is 0 Å². The Kier molecular flexibility index (Phi) is 7.38. The van der Waals surface area contributed by atoms with Gasteiger partial charge in [-0.1, -0.05) is 30.3 Å². The topological polar surface area (TPSA) is 83.5 Å². The molecule has 2 fully saturated rings. The van der Waals surface area contributed by atoms with Gasteiger partial charge in [0.1, 0.15) is 11.8 Å². The van der Waals surface area contributed by atoms with Gasteiger partial charge in [0.2, 0.25) is 0 Å². The molecule has 2 saturated heterocycles. The highest BCUT2D eigenvalue weighted by Gasteiger charge is 2.62. The molecule has 34 heavy (non-hydrogen) atoms. The SMILES string of the molecule is CCOC(=O)C1(C(=O)OCC)C[C@@H]2CCO[C@H]2ON(c2ccccc2)[C@@H]1c1ccc(OC)cc1. The lowest BCUT2D eigenvalue weighted by Crippen LogP contribution is -2.52. The summed E-state index contributed by atoms with van der Waals surface area (Å²) in [6.07, 6.45) is 0.227. The summed E-state index contributed by atoms with van der Waals surface area (Å²) in [7, 11) is 1.58. The van der Waals surface area contributed by atoms with E-state index in [1.165, 1.54) is 0 Å². The van der Waals surface area contributed by atoms with E-state index >= 15 is 0 Å². The van der Waals surface area contributed by atoms with Crippen molar-refractivity contribution >= 4 is 17.6 Å². The number of fused-ring (bicyclic) bond motifs is 1. The van der Waals surface area contributed by atoms with Crippen molar-refractivity contribution in [3.05, 3.63) is 60.2 Å². The first-order valence-corrected chi connectivity index (χ1v) is 11.7. The van der Waals surface area contributed by atoms with Gasteiger partial charge >= 0.3 is 11.9 Å². The summed E-state index contributed by atoms with van der Waals surface area (Å²) in [4.78, 5) is 34.0. The fourth-order valence-corrected chi connectivity index (χ4v) is 4.80. The van der Waals surface area contributed by atoms with E-state index in [9.17, 15) is 9.59 Å². The number of ether oxygens (including phenoxy) is 4. The quantitative estimate of drug-likeness (QED) is 0.444. The summed E-state index contributed by atoms with van der Waals surface area (Å²) in [5.74, 6) is -0.802. The molecule has 4 rings (SSSR count). The van der Waals surface area contributed by atoms with Crippen LogP contribution in [-0.2, 0) is 28.6 Å². The average Bonchev–Trinajstić information content (AvgIpc) is 3.24. The van der Waals surface area contributed by atoms with E-state index in [4.69, 9.17) is 23.8 Å². The highest BCUT2D eigenvalue weighted by atomic mass is 16.8. The van der Waals surface area contributed by atoms with Crippen molar-refractivity contribution in [3.8, 4) is 5.75 Å². The minimum atomic E-state index is -1.68. The first kappa shape index (κ1) is 24.0. The minimum absolute atomic E-state index is 0.131. The standard InChI is InChI=1S/C26H31NO7/c1-4-31-24(28)26(25(29)32-5-2)17-19-15-16-33-23(19)34-27(20-9-7-6-8-10-20)22(26)18-11-13-21(30-3)14-12-18/h6-14,19,22-23H,4-5,15-17H2,1-3H3/t19-,22+,23-/m0/s1. The molecule has 0 aromatic heterocycles. The molecule has 0 spiro atoms. The molecular formula is C26H31NO7. The number of nitrogens with zero attached hydrogens (tertiary/aromatic N) is 1. The zero-order valence-corrected chi connectivity index (χ0v) is 19.8. The Morgan fingerprint density at radius 3 is 2.24 bits per heavy atom. The third-order valence-electron chi connectivity index (χ3n) is 6.38. The molecule has 0 bridgehead atoms. The Labute approximate surface area is 199 Å². The van der Waals surface area contributed by atoms with E-state index < -0.39 is 29.7 Å². The van der Waals surface area contributed by atoms with E-state index in [-0.39, 0.29) is 25.6 Å². The number of para-hydroxylation sites is 1. The molecule has 182 valence electrons. The maximum atomic E-state index is 13.8. The third kappa shape index (κ3) is 4.35. The monoisotopic (exact) mass is 469 g/mol. The van der Waals surface area contributed by atoms with Gasteiger partial charge < -0.3 is 18.9 Å². The number of anilines is 1. The van der Waals surface area contributed by atoms with E-state index in [0.29, 0.717) is 30.0 Å². The fourth-order valence-electron chi connectivity index (χ4n) is 4.80. The summed E-state index contributed by atoms with van der Waals surface area (Å²) in [5, 5.41) is 1.62. The molecule has 2 aromatic carbocycles. The second-order valence-electron chi connectivity index (χ2n) is 8.35. The summed E-state index contributed by atoms with van der Waals surface area (Å²) < 4.78 is 22.3. The Morgan fingerprint density at radius 1 is 1.00 bits per heavy atom. The van der Waals surface area contributed by atoms with Crippen molar-refractivity contribution in [2.24, 2.45) is 11.3 Å². The second kappa shape index (κ2) is 10.4. The molecule has 2 heterocycles. The Hall–Kier alpha value is -3.10. The van der Waals surface area contributed by atoms with Crippen LogP contribution in [0.4, 0.5) is 5.69 Å². The maximum Gasteiger partial charge on any atom is 0.326 e. The van der Waals surface area contributed by atoms with Crippen LogP contribution in [0, 0.1) is 11.3 Å². The molecule has 0 N–H and O–H groups in total. The van der Waals surface area contributed by atoms with Gasteiger partial charge in [-0.05, 0) is 56.5 Å². The largest absolute Gasteiger partial charge is 0.497 e. The fraction of sp³-hybridized carbons (Fsp3) is 0.462. The lowest BCUT2D eigenvalue weighted by atomic mass is 9.70. The lowest BCUT2D eigenvalue weighted by molar-refractivity contribution is -0.176. The Bertz CT molecular complexity index is 960. The smallest absolute Gasteiger partial charge is 0.326 e. The number of methoxy groups -OCH3 is 1.